The zero-order valence-corrected chi connectivity index (χ0v) is 22.5. The third kappa shape index (κ3) is 6.39. The Morgan fingerprint density at radius 1 is 0.658 bits per heavy atom. The monoisotopic (exact) mass is 522 g/mol. The van der Waals surface area contributed by atoms with Crippen LogP contribution < -0.4 is 0 Å². The molecule has 0 unspecified atom stereocenters. The van der Waals surface area contributed by atoms with Gasteiger partial charge in [-0.2, -0.15) is 0 Å². The molecule has 0 N–H and O–H groups in total. The predicted molar refractivity (Wildman–Crippen MR) is 149 cm³/mol. The number of benzene rings is 3. The lowest BCUT2D eigenvalue weighted by Crippen LogP contribution is -2.13. The highest BCUT2D eigenvalue weighted by molar-refractivity contribution is 5.71. The summed E-state index contributed by atoms with van der Waals surface area (Å²) in [4.78, 5) is 0. The molecule has 1 saturated carbocycles. The Hall–Kier alpha value is -2.88. The molecule has 0 nitrogen and oxygen atoms in total. The third-order valence-electron chi connectivity index (χ3n) is 8.01. The summed E-state index contributed by atoms with van der Waals surface area (Å²) in [6, 6.07) is 13.1. The second-order valence-electron chi connectivity index (χ2n) is 10.6. The van der Waals surface area contributed by atoms with E-state index < -0.39 is 23.3 Å². The van der Waals surface area contributed by atoms with Gasteiger partial charge < -0.3 is 0 Å². The molecule has 0 amide bonds. The maximum Gasteiger partial charge on any atom is 0.166 e. The summed E-state index contributed by atoms with van der Waals surface area (Å²) in [7, 11) is 0. The fourth-order valence-electron chi connectivity index (χ4n) is 5.75. The second kappa shape index (κ2) is 13.3. The second-order valence-corrected chi connectivity index (χ2v) is 10.6. The molecule has 0 spiro atoms. The summed E-state index contributed by atoms with van der Waals surface area (Å²) in [5.41, 5.74) is 2.18. The molecule has 0 bridgehead atoms. The zero-order chi connectivity index (χ0) is 27.1. The fraction of sp³-hybridized carbons (Fsp3) is 0.412. The lowest BCUT2D eigenvalue weighted by molar-refractivity contribution is 0.364. The van der Waals surface area contributed by atoms with Crippen molar-refractivity contribution in [2.45, 2.75) is 84.0 Å². The number of hydrogen-bond donors (Lipinski definition) is 0. The van der Waals surface area contributed by atoms with Crippen LogP contribution in [-0.4, -0.2) is 0 Å². The standard InChI is InChI=1S/C34H38F4/c1-3-5-6-7-8-10-27-19-20-28(32(36)31(27)35)25-15-17-26(18-16-25)30-22-21-29(33(37)34(30)38)24-13-11-23(9-4-2)12-14-24/h4,9,15-24H,3,5-8,10-14H2,1-2H3/b9-4+. The lowest BCUT2D eigenvalue weighted by atomic mass is 9.78. The van der Waals surface area contributed by atoms with Gasteiger partial charge in [-0.15, -0.1) is 0 Å². The molecule has 0 atom stereocenters. The summed E-state index contributed by atoms with van der Waals surface area (Å²) in [5.74, 6) is -2.75. The Balaban J connectivity index is 1.48. The van der Waals surface area contributed by atoms with Crippen molar-refractivity contribution >= 4 is 0 Å². The van der Waals surface area contributed by atoms with E-state index in [1.165, 1.54) is 0 Å². The summed E-state index contributed by atoms with van der Waals surface area (Å²) >= 11 is 0. The van der Waals surface area contributed by atoms with E-state index >= 15 is 8.78 Å². The highest BCUT2D eigenvalue weighted by atomic mass is 19.2. The molecule has 202 valence electrons. The van der Waals surface area contributed by atoms with Gasteiger partial charge in [0.15, 0.2) is 23.3 Å². The van der Waals surface area contributed by atoms with Crippen LogP contribution in [0.3, 0.4) is 0 Å². The van der Waals surface area contributed by atoms with E-state index in [2.05, 4.69) is 19.1 Å². The van der Waals surface area contributed by atoms with E-state index in [1.807, 2.05) is 6.92 Å². The normalized spacial score (nSPS) is 17.8. The van der Waals surface area contributed by atoms with Gasteiger partial charge in [-0.1, -0.05) is 93.3 Å². The minimum absolute atomic E-state index is 0.0274. The Labute approximate surface area is 224 Å². The fourth-order valence-corrected chi connectivity index (χ4v) is 5.75. The molecule has 3 aromatic carbocycles. The molecule has 0 heterocycles. The van der Waals surface area contributed by atoms with E-state index in [1.54, 1.807) is 48.5 Å². The van der Waals surface area contributed by atoms with Gasteiger partial charge >= 0.3 is 0 Å². The van der Waals surface area contributed by atoms with Gasteiger partial charge in [0.2, 0.25) is 0 Å². The molecule has 38 heavy (non-hydrogen) atoms. The molecule has 1 aliphatic carbocycles. The van der Waals surface area contributed by atoms with Crippen LogP contribution in [0.25, 0.3) is 22.3 Å². The zero-order valence-electron chi connectivity index (χ0n) is 22.5. The summed E-state index contributed by atoms with van der Waals surface area (Å²) in [6.07, 6.45) is 13.7. The predicted octanol–water partition coefficient (Wildman–Crippen LogP) is 10.9. The van der Waals surface area contributed by atoms with Crippen molar-refractivity contribution in [3.05, 3.63) is 95.1 Å². The first-order valence-electron chi connectivity index (χ1n) is 14.1. The smallest absolute Gasteiger partial charge is 0.166 e. The van der Waals surface area contributed by atoms with Crippen molar-refractivity contribution in [2.75, 3.05) is 0 Å². The number of aryl methyl sites for hydroxylation is 1. The third-order valence-corrected chi connectivity index (χ3v) is 8.01. The minimum Gasteiger partial charge on any atom is -0.203 e. The van der Waals surface area contributed by atoms with E-state index in [-0.39, 0.29) is 17.0 Å². The van der Waals surface area contributed by atoms with E-state index in [0.29, 0.717) is 34.6 Å². The van der Waals surface area contributed by atoms with Crippen LogP contribution in [0.5, 0.6) is 0 Å². The molecule has 0 radical (unpaired) electrons. The van der Waals surface area contributed by atoms with Gasteiger partial charge in [0.25, 0.3) is 0 Å². The molecule has 1 fully saturated rings. The molecular weight excluding hydrogens is 484 g/mol. The number of halogens is 4. The van der Waals surface area contributed by atoms with Crippen molar-refractivity contribution in [3.8, 4) is 22.3 Å². The lowest BCUT2D eigenvalue weighted by Gasteiger charge is -2.27. The molecule has 0 aromatic heterocycles. The molecule has 0 saturated heterocycles. The van der Waals surface area contributed by atoms with Gasteiger partial charge in [-0.3, -0.25) is 0 Å². The molecule has 0 aliphatic heterocycles. The van der Waals surface area contributed by atoms with E-state index in [0.717, 1.165) is 57.8 Å². The highest BCUT2D eigenvalue weighted by Gasteiger charge is 2.26. The Morgan fingerprint density at radius 2 is 1.24 bits per heavy atom. The van der Waals surface area contributed by atoms with Gasteiger partial charge in [0, 0.05) is 11.1 Å². The molecule has 1 aliphatic rings. The molecular formula is C34H38F4. The Morgan fingerprint density at radius 3 is 1.84 bits per heavy atom. The Bertz CT molecular complexity index is 1230. The number of unbranched alkanes of at least 4 members (excludes halogenated alkanes) is 4. The average molecular weight is 523 g/mol. The summed E-state index contributed by atoms with van der Waals surface area (Å²) in [5, 5.41) is 0. The number of rotatable bonds is 10. The van der Waals surface area contributed by atoms with Crippen molar-refractivity contribution < 1.29 is 17.6 Å². The van der Waals surface area contributed by atoms with Crippen molar-refractivity contribution in [1.82, 2.24) is 0 Å². The van der Waals surface area contributed by atoms with Crippen molar-refractivity contribution in [2.24, 2.45) is 5.92 Å². The van der Waals surface area contributed by atoms with Crippen LogP contribution in [0.1, 0.15) is 88.7 Å². The van der Waals surface area contributed by atoms with Gasteiger partial charge in [-0.05, 0) is 79.5 Å². The quantitative estimate of drug-likeness (QED) is 0.141. The largest absolute Gasteiger partial charge is 0.203 e. The van der Waals surface area contributed by atoms with Crippen LogP contribution in [0.4, 0.5) is 17.6 Å². The first-order valence-corrected chi connectivity index (χ1v) is 14.1. The van der Waals surface area contributed by atoms with Crippen LogP contribution in [0, 0.1) is 29.2 Å². The van der Waals surface area contributed by atoms with Gasteiger partial charge in [-0.25, -0.2) is 17.6 Å². The van der Waals surface area contributed by atoms with E-state index in [9.17, 15) is 8.78 Å². The van der Waals surface area contributed by atoms with Crippen LogP contribution >= 0.6 is 0 Å². The van der Waals surface area contributed by atoms with Crippen LogP contribution in [0.15, 0.2) is 60.7 Å². The number of allylic oxidation sites excluding steroid dienone is 2. The van der Waals surface area contributed by atoms with E-state index in [4.69, 9.17) is 0 Å². The Kier molecular flexibility index (Phi) is 9.82. The SMILES string of the molecule is C/C=C/C1CCC(c2ccc(-c3ccc(-c4ccc(CCCCCCC)c(F)c4F)cc3)c(F)c2F)CC1. The number of hydrogen-bond acceptors (Lipinski definition) is 0. The van der Waals surface area contributed by atoms with Crippen molar-refractivity contribution in [3.63, 3.8) is 0 Å². The van der Waals surface area contributed by atoms with Gasteiger partial charge in [0.1, 0.15) is 0 Å². The molecule has 4 heteroatoms. The topological polar surface area (TPSA) is 0 Å². The first-order chi connectivity index (χ1) is 18.4. The maximum absolute atomic E-state index is 15.2. The average Bonchev–Trinajstić information content (AvgIpc) is 2.93. The van der Waals surface area contributed by atoms with Crippen LogP contribution in [-0.2, 0) is 6.42 Å². The summed E-state index contributed by atoms with van der Waals surface area (Å²) < 4.78 is 60.0. The van der Waals surface area contributed by atoms with Gasteiger partial charge in [0.05, 0.1) is 0 Å². The highest BCUT2D eigenvalue weighted by Crippen LogP contribution is 2.39. The summed E-state index contributed by atoms with van der Waals surface area (Å²) in [6.45, 7) is 4.15. The minimum atomic E-state index is -0.866. The maximum atomic E-state index is 15.2. The first kappa shape index (κ1) is 28.1. The van der Waals surface area contributed by atoms with Crippen molar-refractivity contribution in [1.29, 1.82) is 0 Å². The molecule has 3 aromatic rings. The molecule has 4 rings (SSSR count). The van der Waals surface area contributed by atoms with Crippen LogP contribution in [0.2, 0.25) is 0 Å².